The fourth-order valence-electron chi connectivity index (χ4n) is 2.19. The topological polar surface area (TPSA) is 104 Å². The largest absolute Gasteiger partial charge is 0.497 e. The van der Waals surface area contributed by atoms with E-state index in [0.29, 0.717) is 18.0 Å². The molecule has 0 spiro atoms. The van der Waals surface area contributed by atoms with Gasteiger partial charge >= 0.3 is 5.97 Å². The number of anilines is 1. The van der Waals surface area contributed by atoms with Gasteiger partial charge in [-0.25, -0.2) is 9.78 Å². The van der Waals surface area contributed by atoms with E-state index >= 15 is 0 Å². The molecule has 0 amide bonds. The number of carbonyl (C=O) groups excluding carboxylic acids is 1. The average molecular weight is 371 g/mol. The molecule has 0 fully saturated rings. The maximum atomic E-state index is 11.9. The Morgan fingerprint density at radius 3 is 2.81 bits per heavy atom. The molecular formula is C19H21N3O5. The lowest BCUT2D eigenvalue weighted by Gasteiger charge is -2.16. The normalized spacial score (nSPS) is 11.8. The van der Waals surface area contributed by atoms with Crippen molar-refractivity contribution in [2.45, 2.75) is 19.4 Å². The van der Waals surface area contributed by atoms with Crippen LogP contribution in [-0.2, 0) is 9.53 Å². The molecule has 1 unspecified atom stereocenters. The molecule has 1 heterocycles. The summed E-state index contributed by atoms with van der Waals surface area (Å²) < 4.78 is 10.4. The second-order valence-electron chi connectivity index (χ2n) is 5.65. The maximum Gasteiger partial charge on any atom is 0.330 e. The monoisotopic (exact) mass is 371 g/mol. The molecule has 2 rings (SSSR count). The average Bonchev–Trinajstić information content (AvgIpc) is 2.70. The van der Waals surface area contributed by atoms with Crippen LogP contribution in [0.15, 0.2) is 48.7 Å². The van der Waals surface area contributed by atoms with Crippen LogP contribution in [-0.4, -0.2) is 35.6 Å². The fourth-order valence-corrected chi connectivity index (χ4v) is 2.19. The molecule has 27 heavy (non-hydrogen) atoms. The Hall–Kier alpha value is -3.42. The van der Waals surface area contributed by atoms with Gasteiger partial charge in [-0.3, -0.25) is 10.1 Å². The molecule has 0 aliphatic heterocycles. The van der Waals surface area contributed by atoms with E-state index in [0.717, 1.165) is 5.56 Å². The minimum Gasteiger partial charge on any atom is -0.497 e. The van der Waals surface area contributed by atoms with Crippen LogP contribution in [0.5, 0.6) is 5.75 Å². The third-order valence-corrected chi connectivity index (χ3v) is 3.74. The van der Waals surface area contributed by atoms with E-state index in [1.807, 2.05) is 25.1 Å². The lowest BCUT2D eigenvalue weighted by atomic mass is 10.2. The van der Waals surface area contributed by atoms with Gasteiger partial charge in [-0.15, -0.1) is 0 Å². The molecule has 1 aromatic heterocycles. The fraction of sp³-hybridized carbons (Fsp3) is 0.263. The number of hydrogen-bond acceptors (Lipinski definition) is 7. The van der Waals surface area contributed by atoms with Crippen molar-refractivity contribution >= 4 is 23.6 Å². The van der Waals surface area contributed by atoms with Crippen molar-refractivity contribution in [1.82, 2.24) is 4.98 Å². The quantitative estimate of drug-likeness (QED) is 0.312. The molecule has 0 aliphatic carbocycles. The summed E-state index contributed by atoms with van der Waals surface area (Å²) in [5.41, 5.74) is 0.745. The summed E-state index contributed by atoms with van der Waals surface area (Å²) in [4.78, 5) is 26.0. The van der Waals surface area contributed by atoms with Crippen LogP contribution in [0.3, 0.4) is 0 Å². The zero-order chi connectivity index (χ0) is 19.6. The van der Waals surface area contributed by atoms with Crippen molar-refractivity contribution in [3.63, 3.8) is 0 Å². The molecule has 1 aromatic carbocycles. The Morgan fingerprint density at radius 2 is 2.19 bits per heavy atom. The van der Waals surface area contributed by atoms with E-state index < -0.39 is 10.9 Å². The first-order chi connectivity index (χ1) is 13.0. The molecule has 2 aromatic rings. The number of esters is 1. The van der Waals surface area contributed by atoms with Gasteiger partial charge in [-0.1, -0.05) is 19.1 Å². The summed E-state index contributed by atoms with van der Waals surface area (Å²) in [6.07, 6.45) is 4.87. The summed E-state index contributed by atoms with van der Waals surface area (Å²) in [7, 11) is 1.58. The summed E-state index contributed by atoms with van der Waals surface area (Å²) >= 11 is 0. The molecule has 0 radical (unpaired) electrons. The maximum absolute atomic E-state index is 11.9. The van der Waals surface area contributed by atoms with Crippen molar-refractivity contribution in [2.75, 3.05) is 19.0 Å². The molecular weight excluding hydrogens is 350 g/mol. The Kier molecular flexibility index (Phi) is 7.30. The number of rotatable bonds is 9. The van der Waals surface area contributed by atoms with Crippen LogP contribution in [0, 0.1) is 10.1 Å². The van der Waals surface area contributed by atoms with Gasteiger partial charge < -0.3 is 14.8 Å². The zero-order valence-corrected chi connectivity index (χ0v) is 15.1. The minimum absolute atomic E-state index is 0.0808. The number of nitro groups is 1. The van der Waals surface area contributed by atoms with Crippen LogP contribution in [0.4, 0.5) is 11.5 Å². The predicted molar refractivity (Wildman–Crippen MR) is 102 cm³/mol. The molecule has 8 heteroatoms. The Labute approximate surface area is 157 Å². The third kappa shape index (κ3) is 6.43. The van der Waals surface area contributed by atoms with E-state index in [4.69, 9.17) is 9.47 Å². The summed E-state index contributed by atoms with van der Waals surface area (Å²) in [6.45, 7) is 2.08. The van der Waals surface area contributed by atoms with E-state index in [2.05, 4.69) is 10.3 Å². The number of aromatic nitrogens is 1. The van der Waals surface area contributed by atoms with Gasteiger partial charge in [0.15, 0.2) is 0 Å². The van der Waals surface area contributed by atoms with E-state index in [1.165, 1.54) is 24.4 Å². The highest BCUT2D eigenvalue weighted by Crippen LogP contribution is 2.15. The lowest BCUT2D eigenvalue weighted by molar-refractivity contribution is -0.385. The predicted octanol–water partition coefficient (Wildman–Crippen LogP) is 3.45. The third-order valence-electron chi connectivity index (χ3n) is 3.74. The second-order valence-corrected chi connectivity index (χ2v) is 5.65. The number of pyridine rings is 1. The standard InChI is InChI=1S/C19H21N3O5/c1-3-15(21-18-9-8-16(12-20-18)22(24)25)13-27-19(23)10-7-14-5-4-6-17(11-14)26-2/h4-12,15H,3,13H2,1-2H3,(H,20,21)/b10-7+. The van der Waals surface area contributed by atoms with Gasteiger partial charge in [0.05, 0.1) is 18.1 Å². The number of benzene rings is 1. The summed E-state index contributed by atoms with van der Waals surface area (Å²) in [5, 5.41) is 13.7. The second kappa shape index (κ2) is 9.91. The number of hydrogen-bond donors (Lipinski definition) is 1. The lowest BCUT2D eigenvalue weighted by Crippen LogP contribution is -2.26. The molecule has 0 bridgehead atoms. The molecule has 1 N–H and O–H groups in total. The van der Waals surface area contributed by atoms with Crippen LogP contribution >= 0.6 is 0 Å². The van der Waals surface area contributed by atoms with Crippen molar-refractivity contribution in [2.24, 2.45) is 0 Å². The van der Waals surface area contributed by atoms with Crippen LogP contribution in [0.2, 0.25) is 0 Å². The van der Waals surface area contributed by atoms with Crippen LogP contribution in [0.25, 0.3) is 6.08 Å². The Bertz CT molecular complexity index is 805. The molecule has 0 aliphatic rings. The Balaban J connectivity index is 1.86. The van der Waals surface area contributed by atoms with E-state index in [-0.39, 0.29) is 18.3 Å². The first-order valence-corrected chi connectivity index (χ1v) is 8.37. The molecule has 8 nitrogen and oxygen atoms in total. The van der Waals surface area contributed by atoms with Gasteiger partial charge in [0.1, 0.15) is 24.4 Å². The number of ether oxygens (including phenoxy) is 2. The van der Waals surface area contributed by atoms with Crippen molar-refractivity contribution < 1.29 is 19.2 Å². The van der Waals surface area contributed by atoms with Crippen LogP contribution < -0.4 is 10.1 Å². The van der Waals surface area contributed by atoms with Gasteiger partial charge in [-0.2, -0.15) is 0 Å². The van der Waals surface area contributed by atoms with E-state index in [9.17, 15) is 14.9 Å². The minimum atomic E-state index is -0.509. The smallest absolute Gasteiger partial charge is 0.330 e. The summed E-state index contributed by atoms with van der Waals surface area (Å²) in [5.74, 6) is 0.724. The first-order valence-electron chi connectivity index (χ1n) is 8.37. The van der Waals surface area contributed by atoms with Crippen LogP contribution in [0.1, 0.15) is 18.9 Å². The molecule has 0 saturated carbocycles. The molecule has 142 valence electrons. The SMILES string of the molecule is CCC(COC(=O)/C=C/c1cccc(OC)c1)Nc1ccc([N+](=O)[O-])cn1. The highest BCUT2D eigenvalue weighted by atomic mass is 16.6. The molecule has 1 atom stereocenters. The van der Waals surface area contributed by atoms with Crippen molar-refractivity contribution in [3.05, 3.63) is 64.3 Å². The molecule has 0 saturated heterocycles. The van der Waals surface area contributed by atoms with E-state index in [1.54, 1.807) is 19.3 Å². The number of carbonyl (C=O) groups is 1. The number of nitrogens with zero attached hydrogens (tertiary/aromatic N) is 2. The first kappa shape index (κ1) is 19.9. The van der Waals surface area contributed by atoms with Crippen molar-refractivity contribution in [3.8, 4) is 5.75 Å². The Morgan fingerprint density at radius 1 is 1.37 bits per heavy atom. The van der Waals surface area contributed by atoms with Crippen molar-refractivity contribution in [1.29, 1.82) is 0 Å². The highest BCUT2D eigenvalue weighted by Gasteiger charge is 2.11. The van der Waals surface area contributed by atoms with Gasteiger partial charge in [-0.05, 0) is 36.3 Å². The number of methoxy groups -OCH3 is 1. The highest BCUT2D eigenvalue weighted by molar-refractivity contribution is 5.87. The van der Waals surface area contributed by atoms with Gasteiger partial charge in [0, 0.05) is 12.1 Å². The zero-order valence-electron chi connectivity index (χ0n) is 15.1. The summed E-state index contributed by atoms with van der Waals surface area (Å²) in [6, 6.07) is 10.0. The van der Waals surface area contributed by atoms with Gasteiger partial charge in [0.25, 0.3) is 5.69 Å². The van der Waals surface area contributed by atoms with Gasteiger partial charge in [0.2, 0.25) is 0 Å². The number of nitrogens with one attached hydrogen (secondary N) is 1.